The molecule has 0 unspecified atom stereocenters. The Bertz CT molecular complexity index is 1060. The molecule has 3 rings (SSSR count). The highest BCUT2D eigenvalue weighted by atomic mass is 79.9. The van der Waals surface area contributed by atoms with Crippen LogP contribution in [0.15, 0.2) is 57.3 Å². The molecule has 148 valence electrons. The van der Waals surface area contributed by atoms with Gasteiger partial charge < -0.3 is 5.32 Å². The van der Waals surface area contributed by atoms with Gasteiger partial charge in [-0.3, -0.25) is 25.0 Å². The van der Waals surface area contributed by atoms with E-state index in [9.17, 15) is 19.7 Å². The fourth-order valence-electron chi connectivity index (χ4n) is 2.17. The maximum absolute atomic E-state index is 12.3. The van der Waals surface area contributed by atoms with Gasteiger partial charge in [0, 0.05) is 16.2 Å². The molecule has 1 heterocycles. The van der Waals surface area contributed by atoms with Gasteiger partial charge in [-0.25, -0.2) is 0 Å². The highest BCUT2D eigenvalue weighted by molar-refractivity contribution is 9.10. The van der Waals surface area contributed by atoms with E-state index in [4.69, 9.17) is 0 Å². The van der Waals surface area contributed by atoms with Crippen LogP contribution in [-0.2, 0) is 4.79 Å². The number of aromatic nitrogens is 2. The quantitative estimate of drug-likeness (QED) is 0.218. The van der Waals surface area contributed by atoms with Crippen molar-refractivity contribution in [1.29, 1.82) is 0 Å². The SMILES string of the molecule is O=C(CSc1nnc(NC(=O)c2ccccc2[N+](=O)[O-])s1)Nc1ccc(Br)cc1. The third-order valence-electron chi connectivity index (χ3n) is 3.43. The maximum Gasteiger partial charge on any atom is 0.282 e. The first-order valence-electron chi connectivity index (χ1n) is 7.99. The summed E-state index contributed by atoms with van der Waals surface area (Å²) in [5.74, 6) is -0.751. The summed E-state index contributed by atoms with van der Waals surface area (Å²) in [5, 5.41) is 24.2. The lowest BCUT2D eigenvalue weighted by atomic mass is 10.1. The molecular formula is C17H12BrN5O4S2. The third-order valence-corrected chi connectivity index (χ3v) is 5.93. The van der Waals surface area contributed by atoms with Crippen LogP contribution in [0.1, 0.15) is 10.4 Å². The molecule has 0 aliphatic rings. The van der Waals surface area contributed by atoms with E-state index in [1.807, 2.05) is 12.1 Å². The van der Waals surface area contributed by atoms with Gasteiger partial charge in [-0.1, -0.05) is 51.2 Å². The van der Waals surface area contributed by atoms with E-state index < -0.39 is 10.8 Å². The highest BCUT2D eigenvalue weighted by Gasteiger charge is 2.20. The fraction of sp³-hybridized carbons (Fsp3) is 0.0588. The predicted octanol–water partition coefficient (Wildman–Crippen LogP) is 4.19. The van der Waals surface area contributed by atoms with Crippen molar-refractivity contribution < 1.29 is 14.5 Å². The fourth-order valence-corrected chi connectivity index (χ4v) is 3.98. The highest BCUT2D eigenvalue weighted by Crippen LogP contribution is 2.27. The first-order chi connectivity index (χ1) is 13.9. The molecule has 2 N–H and O–H groups in total. The first kappa shape index (κ1) is 20.9. The van der Waals surface area contributed by atoms with Crippen molar-refractivity contribution in [2.24, 2.45) is 0 Å². The second-order valence-corrected chi connectivity index (χ2v) is 8.56. The Morgan fingerprint density at radius 1 is 1.10 bits per heavy atom. The standard InChI is InChI=1S/C17H12BrN5O4S2/c18-10-5-7-11(8-6-10)19-14(24)9-28-17-22-21-16(29-17)20-15(25)12-3-1-2-4-13(12)23(26)27/h1-8H,9H2,(H,19,24)(H,20,21,25). The van der Waals surface area contributed by atoms with Crippen molar-refractivity contribution in [1.82, 2.24) is 10.2 Å². The number of nitrogens with zero attached hydrogens (tertiary/aromatic N) is 3. The summed E-state index contributed by atoms with van der Waals surface area (Å²) < 4.78 is 1.39. The molecule has 0 atom stereocenters. The van der Waals surface area contributed by atoms with Crippen LogP contribution in [0.5, 0.6) is 0 Å². The molecule has 2 aromatic carbocycles. The maximum atomic E-state index is 12.3. The zero-order valence-electron chi connectivity index (χ0n) is 14.5. The molecule has 3 aromatic rings. The Labute approximate surface area is 181 Å². The summed E-state index contributed by atoms with van der Waals surface area (Å²) in [6.07, 6.45) is 0. The number of hydrogen-bond acceptors (Lipinski definition) is 8. The summed E-state index contributed by atoms with van der Waals surface area (Å²) >= 11 is 5.56. The van der Waals surface area contributed by atoms with Crippen molar-refractivity contribution >= 4 is 67.3 Å². The number of halogens is 1. The Morgan fingerprint density at radius 2 is 1.83 bits per heavy atom. The summed E-state index contributed by atoms with van der Waals surface area (Å²) in [6, 6.07) is 12.8. The number of carbonyl (C=O) groups excluding carboxylic acids is 2. The molecule has 9 nitrogen and oxygen atoms in total. The molecule has 0 aliphatic carbocycles. The Morgan fingerprint density at radius 3 is 2.55 bits per heavy atom. The molecular weight excluding hydrogens is 482 g/mol. The van der Waals surface area contributed by atoms with E-state index in [1.165, 1.54) is 36.0 Å². The lowest BCUT2D eigenvalue weighted by Crippen LogP contribution is -2.13. The third kappa shape index (κ3) is 5.82. The number of carbonyl (C=O) groups is 2. The van der Waals surface area contributed by atoms with Gasteiger partial charge in [0.15, 0.2) is 4.34 Å². The van der Waals surface area contributed by atoms with Crippen molar-refractivity contribution in [3.8, 4) is 0 Å². The minimum Gasteiger partial charge on any atom is -0.325 e. The van der Waals surface area contributed by atoms with Gasteiger partial charge in [0.2, 0.25) is 11.0 Å². The number of rotatable bonds is 7. The van der Waals surface area contributed by atoms with E-state index in [-0.39, 0.29) is 28.0 Å². The number of anilines is 2. The van der Waals surface area contributed by atoms with Crippen LogP contribution < -0.4 is 10.6 Å². The Balaban J connectivity index is 1.55. The second-order valence-electron chi connectivity index (χ2n) is 5.45. The zero-order valence-corrected chi connectivity index (χ0v) is 17.7. The zero-order chi connectivity index (χ0) is 20.8. The van der Waals surface area contributed by atoms with E-state index in [2.05, 4.69) is 36.8 Å². The van der Waals surface area contributed by atoms with Gasteiger partial charge in [0.05, 0.1) is 10.7 Å². The molecule has 12 heteroatoms. The van der Waals surface area contributed by atoms with Gasteiger partial charge in [-0.05, 0) is 30.3 Å². The molecule has 0 fully saturated rings. The number of benzene rings is 2. The minimum atomic E-state index is -0.655. The van der Waals surface area contributed by atoms with Crippen molar-refractivity contribution in [2.75, 3.05) is 16.4 Å². The smallest absolute Gasteiger partial charge is 0.282 e. The van der Waals surface area contributed by atoms with Crippen LogP contribution in [0, 0.1) is 10.1 Å². The number of amides is 2. The van der Waals surface area contributed by atoms with Gasteiger partial charge in [0.1, 0.15) is 5.56 Å². The molecule has 0 spiro atoms. The number of nitro groups is 1. The monoisotopic (exact) mass is 493 g/mol. The normalized spacial score (nSPS) is 10.4. The predicted molar refractivity (Wildman–Crippen MR) is 114 cm³/mol. The topological polar surface area (TPSA) is 127 Å². The minimum absolute atomic E-state index is 0.0734. The van der Waals surface area contributed by atoms with Crippen molar-refractivity contribution in [3.63, 3.8) is 0 Å². The van der Waals surface area contributed by atoms with E-state index in [0.717, 1.165) is 15.8 Å². The molecule has 2 amide bonds. The van der Waals surface area contributed by atoms with E-state index in [0.29, 0.717) is 10.0 Å². The van der Waals surface area contributed by atoms with Crippen molar-refractivity contribution in [3.05, 3.63) is 68.7 Å². The Hall–Kier alpha value is -2.83. The van der Waals surface area contributed by atoms with Crippen LogP contribution in [0.4, 0.5) is 16.5 Å². The molecule has 0 saturated carbocycles. The van der Waals surface area contributed by atoms with Crippen LogP contribution in [0.25, 0.3) is 0 Å². The van der Waals surface area contributed by atoms with Crippen LogP contribution in [-0.4, -0.2) is 32.7 Å². The molecule has 0 saturated heterocycles. The molecule has 29 heavy (non-hydrogen) atoms. The second kappa shape index (κ2) is 9.58. The van der Waals surface area contributed by atoms with Gasteiger partial charge in [-0.2, -0.15) is 0 Å². The molecule has 1 aromatic heterocycles. The van der Waals surface area contributed by atoms with Gasteiger partial charge >= 0.3 is 0 Å². The molecule has 0 aliphatic heterocycles. The van der Waals surface area contributed by atoms with Crippen molar-refractivity contribution in [2.45, 2.75) is 4.34 Å². The summed E-state index contributed by atoms with van der Waals surface area (Å²) in [5.41, 5.74) is 0.304. The number of hydrogen-bond donors (Lipinski definition) is 2. The van der Waals surface area contributed by atoms with Crippen LogP contribution in [0.2, 0.25) is 0 Å². The average Bonchev–Trinajstić information content (AvgIpc) is 3.15. The lowest BCUT2D eigenvalue weighted by molar-refractivity contribution is -0.385. The summed E-state index contributed by atoms with van der Waals surface area (Å²) in [4.78, 5) is 34.7. The largest absolute Gasteiger partial charge is 0.325 e. The van der Waals surface area contributed by atoms with Gasteiger partial charge in [0.25, 0.3) is 11.6 Å². The first-order valence-corrected chi connectivity index (χ1v) is 10.6. The van der Waals surface area contributed by atoms with E-state index in [1.54, 1.807) is 12.1 Å². The number of para-hydroxylation sites is 1. The van der Waals surface area contributed by atoms with Crippen LogP contribution >= 0.6 is 39.0 Å². The number of nitrogens with one attached hydrogen (secondary N) is 2. The summed E-state index contributed by atoms with van der Waals surface area (Å²) in [7, 11) is 0. The molecule has 0 bridgehead atoms. The average molecular weight is 494 g/mol. The number of thioether (sulfide) groups is 1. The molecule has 0 radical (unpaired) electrons. The van der Waals surface area contributed by atoms with E-state index >= 15 is 0 Å². The summed E-state index contributed by atoms with van der Waals surface area (Å²) in [6.45, 7) is 0. The number of nitro benzene ring substituents is 1. The van der Waals surface area contributed by atoms with Gasteiger partial charge in [-0.15, -0.1) is 10.2 Å². The Kier molecular flexibility index (Phi) is 6.90. The lowest BCUT2D eigenvalue weighted by Gasteiger charge is -2.03. The van der Waals surface area contributed by atoms with Crippen LogP contribution in [0.3, 0.4) is 0 Å².